The van der Waals surface area contributed by atoms with Crippen LogP contribution in [0.1, 0.15) is 18.4 Å². The number of ether oxygens (including phenoxy) is 1. The maximum atomic E-state index is 13.3. The molecule has 0 saturated heterocycles. The molecule has 0 bridgehead atoms. The lowest BCUT2D eigenvalue weighted by Crippen LogP contribution is -2.36. The van der Waals surface area contributed by atoms with Crippen LogP contribution in [0.25, 0.3) is 0 Å². The van der Waals surface area contributed by atoms with Crippen LogP contribution in [-0.4, -0.2) is 26.2 Å². The average Bonchev–Trinajstić information content (AvgIpc) is 2.64. The number of halogens is 2. The van der Waals surface area contributed by atoms with Crippen LogP contribution in [0.2, 0.25) is 0 Å². The zero-order valence-electron chi connectivity index (χ0n) is 10.9. The molecular formula is C13H19BrFN3O. The van der Waals surface area contributed by atoms with Crippen molar-refractivity contribution in [3.8, 4) is 5.75 Å². The van der Waals surface area contributed by atoms with Gasteiger partial charge in [-0.2, -0.15) is 0 Å². The van der Waals surface area contributed by atoms with E-state index in [0.717, 1.165) is 37.5 Å². The number of hydrogen-bond donors (Lipinski definition) is 2. The van der Waals surface area contributed by atoms with Gasteiger partial charge in [-0.3, -0.25) is 4.99 Å². The van der Waals surface area contributed by atoms with Gasteiger partial charge in [0.05, 0.1) is 7.11 Å². The fourth-order valence-corrected chi connectivity index (χ4v) is 1.84. The topological polar surface area (TPSA) is 45.6 Å². The largest absolute Gasteiger partial charge is 0.497 e. The predicted octanol–water partition coefficient (Wildman–Crippen LogP) is 2.24. The molecule has 0 unspecified atom stereocenters. The zero-order valence-corrected chi connectivity index (χ0v) is 12.6. The number of methoxy groups -OCH3 is 1. The lowest BCUT2D eigenvalue weighted by atomic mass is 10.2. The molecule has 0 radical (unpaired) electrons. The van der Waals surface area contributed by atoms with Gasteiger partial charge in [0.15, 0.2) is 5.96 Å². The molecule has 0 spiro atoms. The van der Waals surface area contributed by atoms with Gasteiger partial charge in [0.25, 0.3) is 0 Å². The van der Waals surface area contributed by atoms with Crippen LogP contribution in [0.5, 0.6) is 5.75 Å². The van der Waals surface area contributed by atoms with Crippen molar-refractivity contribution in [2.24, 2.45) is 4.99 Å². The molecule has 1 heterocycles. The lowest BCUT2D eigenvalue weighted by Gasteiger charge is -2.11. The quantitative estimate of drug-likeness (QED) is 0.892. The number of hydrogen-bond acceptors (Lipinski definition) is 4. The minimum atomic E-state index is -0.290. The molecule has 1 aliphatic heterocycles. The molecule has 0 aliphatic carbocycles. The third-order valence-electron chi connectivity index (χ3n) is 2.77. The molecule has 0 atom stereocenters. The summed E-state index contributed by atoms with van der Waals surface area (Å²) in [5.74, 6) is 1.03. The molecule has 1 aromatic rings. The fourth-order valence-electron chi connectivity index (χ4n) is 1.84. The van der Waals surface area contributed by atoms with E-state index in [9.17, 15) is 4.39 Å². The molecule has 2 N–H and O–H groups in total. The summed E-state index contributed by atoms with van der Waals surface area (Å²) in [5, 5.41) is 6.38. The van der Waals surface area contributed by atoms with Crippen LogP contribution >= 0.6 is 17.0 Å². The summed E-state index contributed by atoms with van der Waals surface area (Å²) >= 11 is 0. The van der Waals surface area contributed by atoms with Gasteiger partial charge < -0.3 is 15.4 Å². The van der Waals surface area contributed by atoms with E-state index >= 15 is 0 Å². The van der Waals surface area contributed by atoms with Gasteiger partial charge in [-0.1, -0.05) is 0 Å². The highest BCUT2D eigenvalue weighted by atomic mass is 79.9. The second kappa shape index (κ2) is 7.99. The van der Waals surface area contributed by atoms with Crippen molar-refractivity contribution in [3.63, 3.8) is 0 Å². The predicted molar refractivity (Wildman–Crippen MR) is 79.7 cm³/mol. The molecule has 6 heteroatoms. The summed E-state index contributed by atoms with van der Waals surface area (Å²) in [4.78, 5) is 4.37. The van der Waals surface area contributed by atoms with Crippen molar-refractivity contribution in [1.29, 1.82) is 0 Å². The van der Waals surface area contributed by atoms with E-state index < -0.39 is 0 Å². The van der Waals surface area contributed by atoms with E-state index in [2.05, 4.69) is 15.6 Å². The zero-order chi connectivity index (χ0) is 12.8. The van der Waals surface area contributed by atoms with Crippen LogP contribution in [-0.2, 0) is 6.54 Å². The average molecular weight is 332 g/mol. The Morgan fingerprint density at radius 3 is 3.00 bits per heavy atom. The van der Waals surface area contributed by atoms with Gasteiger partial charge in [0.2, 0.25) is 0 Å². The molecule has 0 amide bonds. The summed E-state index contributed by atoms with van der Waals surface area (Å²) < 4.78 is 18.3. The minimum Gasteiger partial charge on any atom is -0.497 e. The number of aliphatic imine (C=N–C) groups is 1. The number of benzene rings is 1. The van der Waals surface area contributed by atoms with Crippen molar-refractivity contribution in [3.05, 3.63) is 29.6 Å². The van der Waals surface area contributed by atoms with Gasteiger partial charge in [0.1, 0.15) is 11.6 Å². The Balaban J connectivity index is 0.00000180. The summed E-state index contributed by atoms with van der Waals surface area (Å²) in [6.07, 6.45) is 2.23. The van der Waals surface area contributed by atoms with E-state index in [1.807, 2.05) is 6.07 Å². The molecule has 106 valence electrons. The molecule has 0 fully saturated rings. The SMILES string of the molecule is Br.COc1cc(F)cc(CNC2=NCCCCN2)c1. The molecule has 0 saturated carbocycles. The van der Waals surface area contributed by atoms with E-state index in [1.54, 1.807) is 0 Å². The fraction of sp³-hybridized carbons (Fsp3) is 0.462. The Hall–Kier alpha value is -1.30. The van der Waals surface area contributed by atoms with Crippen LogP contribution in [0, 0.1) is 5.82 Å². The number of rotatable bonds is 3. The van der Waals surface area contributed by atoms with E-state index in [-0.39, 0.29) is 22.8 Å². The Morgan fingerprint density at radius 2 is 2.21 bits per heavy atom. The molecule has 1 aromatic carbocycles. The first-order chi connectivity index (χ1) is 8.78. The summed E-state index contributed by atoms with van der Waals surface area (Å²) in [5.41, 5.74) is 0.834. The highest BCUT2D eigenvalue weighted by Gasteiger charge is 2.04. The first-order valence-electron chi connectivity index (χ1n) is 6.13. The summed E-state index contributed by atoms with van der Waals surface area (Å²) in [6, 6.07) is 4.67. The van der Waals surface area contributed by atoms with Gasteiger partial charge in [-0.05, 0) is 30.5 Å². The number of guanidine groups is 1. The minimum absolute atomic E-state index is 0. The molecule has 0 aromatic heterocycles. The van der Waals surface area contributed by atoms with Gasteiger partial charge >= 0.3 is 0 Å². The monoisotopic (exact) mass is 331 g/mol. The molecular weight excluding hydrogens is 313 g/mol. The van der Waals surface area contributed by atoms with Crippen molar-refractivity contribution in [2.75, 3.05) is 20.2 Å². The van der Waals surface area contributed by atoms with E-state index in [0.29, 0.717) is 12.3 Å². The molecule has 1 aliphatic rings. The van der Waals surface area contributed by atoms with Crippen LogP contribution in [0.15, 0.2) is 23.2 Å². The summed E-state index contributed by atoms with van der Waals surface area (Å²) in [6.45, 7) is 2.29. The maximum Gasteiger partial charge on any atom is 0.191 e. The highest BCUT2D eigenvalue weighted by molar-refractivity contribution is 8.93. The van der Waals surface area contributed by atoms with Gasteiger partial charge in [-0.25, -0.2) is 4.39 Å². The van der Waals surface area contributed by atoms with Crippen LogP contribution in [0.4, 0.5) is 4.39 Å². The Kier molecular flexibility index (Phi) is 6.62. The van der Waals surface area contributed by atoms with Crippen molar-refractivity contribution < 1.29 is 9.13 Å². The molecule has 2 rings (SSSR count). The van der Waals surface area contributed by atoms with Crippen molar-refractivity contribution in [1.82, 2.24) is 10.6 Å². The molecule has 4 nitrogen and oxygen atoms in total. The Labute approximate surface area is 123 Å². The smallest absolute Gasteiger partial charge is 0.191 e. The summed E-state index contributed by atoms with van der Waals surface area (Å²) in [7, 11) is 1.53. The first-order valence-corrected chi connectivity index (χ1v) is 6.13. The lowest BCUT2D eigenvalue weighted by molar-refractivity contribution is 0.410. The third kappa shape index (κ3) is 5.06. The maximum absolute atomic E-state index is 13.3. The normalized spacial score (nSPS) is 14.5. The number of nitrogens with zero attached hydrogens (tertiary/aromatic N) is 1. The van der Waals surface area contributed by atoms with Gasteiger partial charge in [-0.15, -0.1) is 17.0 Å². The number of nitrogens with one attached hydrogen (secondary N) is 2. The van der Waals surface area contributed by atoms with Crippen molar-refractivity contribution in [2.45, 2.75) is 19.4 Å². The standard InChI is InChI=1S/C13H18FN3O.BrH/c1-18-12-7-10(6-11(14)8-12)9-17-13-15-4-2-3-5-16-13;/h6-8H,2-5,9H2,1H3,(H2,15,16,17);1H. The van der Waals surface area contributed by atoms with Crippen LogP contribution in [0.3, 0.4) is 0 Å². The van der Waals surface area contributed by atoms with Gasteiger partial charge in [0, 0.05) is 25.7 Å². The first kappa shape index (κ1) is 15.8. The van der Waals surface area contributed by atoms with Crippen molar-refractivity contribution >= 4 is 22.9 Å². The second-order valence-electron chi connectivity index (χ2n) is 4.22. The Morgan fingerprint density at radius 1 is 1.37 bits per heavy atom. The van der Waals surface area contributed by atoms with E-state index in [4.69, 9.17) is 4.74 Å². The second-order valence-corrected chi connectivity index (χ2v) is 4.22. The third-order valence-corrected chi connectivity index (χ3v) is 2.77. The van der Waals surface area contributed by atoms with E-state index in [1.165, 1.54) is 19.2 Å². The molecule has 19 heavy (non-hydrogen) atoms. The highest BCUT2D eigenvalue weighted by Crippen LogP contribution is 2.15. The van der Waals surface area contributed by atoms with Crippen LogP contribution < -0.4 is 15.4 Å². The Bertz CT molecular complexity index is 440.